The maximum Gasteiger partial charge on any atom is 0.115 e. The predicted molar refractivity (Wildman–Crippen MR) is 69.3 cm³/mol. The van der Waals surface area contributed by atoms with Crippen molar-refractivity contribution in [2.45, 2.75) is 57.0 Å². The summed E-state index contributed by atoms with van der Waals surface area (Å²) in [6, 6.07) is 7.14. The predicted octanol–water partition coefficient (Wildman–Crippen LogP) is 2.78. The van der Waals surface area contributed by atoms with Crippen molar-refractivity contribution in [1.82, 2.24) is 5.32 Å². The van der Waals surface area contributed by atoms with E-state index in [2.05, 4.69) is 11.4 Å². The number of hydrogen-bond acceptors (Lipinski definition) is 2. The zero-order valence-electron chi connectivity index (χ0n) is 10.3. The Morgan fingerprint density at radius 1 is 0.941 bits per heavy atom. The van der Waals surface area contributed by atoms with Crippen LogP contribution in [0, 0.1) is 0 Å². The summed E-state index contributed by atoms with van der Waals surface area (Å²) in [6.07, 6.45) is 9.09. The number of benzene rings is 1. The van der Waals surface area contributed by atoms with Crippen LogP contribution in [0.25, 0.3) is 0 Å². The maximum absolute atomic E-state index is 9.48. The van der Waals surface area contributed by atoms with Gasteiger partial charge in [-0.1, -0.05) is 25.3 Å². The van der Waals surface area contributed by atoms with Crippen LogP contribution in [0.1, 0.15) is 43.2 Å². The molecule has 1 aromatic rings. The first kappa shape index (κ1) is 11.1. The molecule has 0 amide bonds. The molecule has 1 aromatic carbocycles. The molecule has 17 heavy (non-hydrogen) atoms. The van der Waals surface area contributed by atoms with Gasteiger partial charge >= 0.3 is 0 Å². The molecule has 92 valence electrons. The van der Waals surface area contributed by atoms with Crippen LogP contribution in [0.5, 0.6) is 5.75 Å². The van der Waals surface area contributed by atoms with E-state index < -0.39 is 0 Å². The van der Waals surface area contributed by atoms with Crippen LogP contribution >= 0.6 is 0 Å². The van der Waals surface area contributed by atoms with E-state index in [1.54, 1.807) is 0 Å². The fraction of sp³-hybridized carbons (Fsp3) is 0.600. The molecule has 0 heterocycles. The Labute approximate surface area is 103 Å². The molecule has 0 aromatic heterocycles. The highest BCUT2D eigenvalue weighted by Crippen LogP contribution is 2.27. The molecule has 2 nitrogen and oxygen atoms in total. The molecule has 1 atom stereocenters. The lowest BCUT2D eigenvalue weighted by Gasteiger charge is -2.26. The van der Waals surface area contributed by atoms with Crippen LogP contribution in [-0.2, 0) is 12.8 Å². The van der Waals surface area contributed by atoms with Crippen LogP contribution < -0.4 is 5.32 Å². The van der Waals surface area contributed by atoms with Gasteiger partial charge in [0.15, 0.2) is 0 Å². The van der Waals surface area contributed by atoms with Crippen LogP contribution in [0.2, 0.25) is 0 Å². The molecular weight excluding hydrogens is 210 g/mol. The number of phenols is 1. The smallest absolute Gasteiger partial charge is 0.115 e. The standard InChI is InChI=1S/C15H21NO/c17-15-7-6-11-8-14(9-12(11)10-15)16-13-4-2-1-3-5-13/h6-7,10,13-14,16-17H,1-5,8-9H2. The molecule has 0 saturated heterocycles. The summed E-state index contributed by atoms with van der Waals surface area (Å²) in [7, 11) is 0. The second-order valence-corrected chi connectivity index (χ2v) is 5.56. The van der Waals surface area contributed by atoms with Crippen molar-refractivity contribution < 1.29 is 5.11 Å². The minimum Gasteiger partial charge on any atom is -0.508 e. The zero-order chi connectivity index (χ0) is 11.7. The number of nitrogens with one attached hydrogen (secondary N) is 1. The number of phenolic OH excluding ortho intramolecular Hbond substituents is 1. The summed E-state index contributed by atoms with van der Waals surface area (Å²) in [5.74, 6) is 0.405. The molecule has 1 saturated carbocycles. The molecular formula is C15H21NO. The van der Waals surface area contributed by atoms with Crippen LogP contribution in [-0.4, -0.2) is 17.2 Å². The summed E-state index contributed by atoms with van der Waals surface area (Å²) < 4.78 is 0. The molecule has 0 aliphatic heterocycles. The number of hydrogen-bond donors (Lipinski definition) is 2. The first-order valence-electron chi connectivity index (χ1n) is 6.88. The highest BCUT2D eigenvalue weighted by atomic mass is 16.3. The number of aromatic hydroxyl groups is 1. The van der Waals surface area contributed by atoms with Crippen LogP contribution in [0.15, 0.2) is 18.2 Å². The Morgan fingerprint density at radius 3 is 2.53 bits per heavy atom. The lowest BCUT2D eigenvalue weighted by molar-refractivity contribution is 0.339. The van der Waals surface area contributed by atoms with Gasteiger partial charge in [0.25, 0.3) is 0 Å². The maximum atomic E-state index is 9.48. The topological polar surface area (TPSA) is 32.3 Å². The first-order chi connectivity index (χ1) is 8.31. The molecule has 2 aliphatic rings. The normalized spacial score (nSPS) is 24.8. The van der Waals surface area contributed by atoms with E-state index in [0.29, 0.717) is 11.8 Å². The summed E-state index contributed by atoms with van der Waals surface area (Å²) in [4.78, 5) is 0. The molecule has 2 aliphatic carbocycles. The van der Waals surface area contributed by atoms with E-state index in [1.165, 1.54) is 43.2 Å². The average Bonchev–Trinajstić information content (AvgIpc) is 2.71. The molecule has 1 unspecified atom stereocenters. The Hall–Kier alpha value is -1.02. The molecule has 0 spiro atoms. The monoisotopic (exact) mass is 231 g/mol. The van der Waals surface area contributed by atoms with Gasteiger partial charge in [-0.3, -0.25) is 0 Å². The SMILES string of the molecule is Oc1ccc2c(c1)CC(NC1CCCCC1)C2. The minimum absolute atomic E-state index is 0.405. The fourth-order valence-electron chi connectivity index (χ4n) is 3.33. The van der Waals surface area contributed by atoms with Crippen molar-refractivity contribution in [2.75, 3.05) is 0 Å². The third-order valence-corrected chi connectivity index (χ3v) is 4.20. The molecule has 2 heteroatoms. The largest absolute Gasteiger partial charge is 0.508 e. The van der Waals surface area contributed by atoms with Crippen molar-refractivity contribution in [3.63, 3.8) is 0 Å². The summed E-state index contributed by atoms with van der Waals surface area (Å²) >= 11 is 0. The number of fused-ring (bicyclic) bond motifs is 1. The second-order valence-electron chi connectivity index (χ2n) is 5.56. The van der Waals surface area contributed by atoms with E-state index in [1.807, 2.05) is 12.1 Å². The Kier molecular flexibility index (Phi) is 3.06. The Morgan fingerprint density at radius 2 is 1.71 bits per heavy atom. The van der Waals surface area contributed by atoms with Gasteiger partial charge in [-0.2, -0.15) is 0 Å². The van der Waals surface area contributed by atoms with E-state index in [4.69, 9.17) is 0 Å². The van der Waals surface area contributed by atoms with E-state index in [9.17, 15) is 5.11 Å². The van der Waals surface area contributed by atoms with Gasteiger partial charge in [0.05, 0.1) is 0 Å². The van der Waals surface area contributed by atoms with Gasteiger partial charge in [0, 0.05) is 12.1 Å². The first-order valence-corrected chi connectivity index (χ1v) is 6.88. The molecule has 0 bridgehead atoms. The summed E-state index contributed by atoms with van der Waals surface area (Å²) in [5, 5.41) is 13.3. The fourth-order valence-corrected chi connectivity index (χ4v) is 3.33. The van der Waals surface area contributed by atoms with E-state index >= 15 is 0 Å². The third kappa shape index (κ3) is 2.47. The average molecular weight is 231 g/mol. The second kappa shape index (κ2) is 4.69. The highest BCUT2D eigenvalue weighted by Gasteiger charge is 2.24. The quantitative estimate of drug-likeness (QED) is 0.820. The highest BCUT2D eigenvalue weighted by molar-refractivity contribution is 5.39. The van der Waals surface area contributed by atoms with Gasteiger partial charge < -0.3 is 10.4 Å². The van der Waals surface area contributed by atoms with Gasteiger partial charge in [-0.05, 0) is 48.9 Å². The summed E-state index contributed by atoms with van der Waals surface area (Å²) in [6.45, 7) is 0. The zero-order valence-corrected chi connectivity index (χ0v) is 10.3. The minimum atomic E-state index is 0.405. The lowest BCUT2D eigenvalue weighted by Crippen LogP contribution is -2.39. The van der Waals surface area contributed by atoms with Gasteiger partial charge in [0.1, 0.15) is 5.75 Å². The van der Waals surface area contributed by atoms with Gasteiger partial charge in [0.2, 0.25) is 0 Å². The molecule has 3 rings (SSSR count). The Bertz CT molecular complexity index is 396. The van der Waals surface area contributed by atoms with E-state index in [-0.39, 0.29) is 0 Å². The third-order valence-electron chi connectivity index (χ3n) is 4.20. The van der Waals surface area contributed by atoms with Crippen LogP contribution in [0.3, 0.4) is 0 Å². The molecule has 1 fully saturated rings. The van der Waals surface area contributed by atoms with Gasteiger partial charge in [-0.25, -0.2) is 0 Å². The lowest BCUT2D eigenvalue weighted by atomic mass is 9.94. The van der Waals surface area contributed by atoms with Crippen molar-refractivity contribution in [3.8, 4) is 5.75 Å². The molecule has 0 radical (unpaired) electrons. The van der Waals surface area contributed by atoms with E-state index in [0.717, 1.165) is 18.9 Å². The molecule has 2 N–H and O–H groups in total. The van der Waals surface area contributed by atoms with Crippen molar-refractivity contribution in [2.24, 2.45) is 0 Å². The summed E-state index contributed by atoms with van der Waals surface area (Å²) in [5.41, 5.74) is 2.74. The van der Waals surface area contributed by atoms with Crippen molar-refractivity contribution in [3.05, 3.63) is 29.3 Å². The Balaban J connectivity index is 1.61. The van der Waals surface area contributed by atoms with Crippen molar-refractivity contribution in [1.29, 1.82) is 0 Å². The van der Waals surface area contributed by atoms with Crippen LogP contribution in [0.4, 0.5) is 0 Å². The van der Waals surface area contributed by atoms with Crippen molar-refractivity contribution >= 4 is 0 Å². The van der Waals surface area contributed by atoms with Gasteiger partial charge in [-0.15, -0.1) is 0 Å². The number of rotatable bonds is 2.